The van der Waals surface area contributed by atoms with E-state index in [0.29, 0.717) is 6.54 Å². The highest BCUT2D eigenvalue weighted by Gasteiger charge is 2.36. The van der Waals surface area contributed by atoms with Crippen LogP contribution in [0, 0.1) is 0 Å². The van der Waals surface area contributed by atoms with Crippen molar-refractivity contribution in [3.8, 4) is 0 Å². The molecule has 21 heavy (non-hydrogen) atoms. The first kappa shape index (κ1) is 14.1. The third kappa shape index (κ3) is 3.26. The molecule has 0 saturated heterocycles. The predicted octanol–water partition coefficient (Wildman–Crippen LogP) is 3.31. The van der Waals surface area contributed by atoms with Gasteiger partial charge in [0, 0.05) is 17.0 Å². The van der Waals surface area contributed by atoms with Gasteiger partial charge in [0.05, 0.1) is 6.54 Å². The fraction of sp³-hybridized carbons (Fsp3) is 0.385. The summed E-state index contributed by atoms with van der Waals surface area (Å²) in [6.07, 6.45) is -2.61. The molecule has 0 unspecified atom stereocenters. The van der Waals surface area contributed by atoms with E-state index >= 15 is 0 Å². The minimum Gasteiger partial charge on any atom is -0.368 e. The number of rotatable bonds is 4. The van der Waals surface area contributed by atoms with Crippen molar-refractivity contribution in [1.29, 1.82) is 0 Å². The predicted molar refractivity (Wildman–Crippen MR) is 75.0 cm³/mol. The molecule has 1 aliphatic rings. The van der Waals surface area contributed by atoms with Crippen LogP contribution in [0.2, 0.25) is 0 Å². The van der Waals surface area contributed by atoms with Gasteiger partial charge in [-0.25, -0.2) is 4.98 Å². The second-order valence-electron chi connectivity index (χ2n) is 4.91. The molecular formula is C13H13F3N4S. The van der Waals surface area contributed by atoms with Gasteiger partial charge in [0.15, 0.2) is 5.69 Å². The molecule has 2 aromatic heterocycles. The first-order chi connectivity index (χ1) is 9.93. The van der Waals surface area contributed by atoms with Crippen molar-refractivity contribution >= 4 is 23.1 Å². The minimum absolute atomic E-state index is 0.225. The molecule has 3 rings (SSSR count). The molecule has 4 nitrogen and oxygen atoms in total. The summed E-state index contributed by atoms with van der Waals surface area (Å²) < 4.78 is 38.5. The maximum atomic E-state index is 12.8. The molecule has 2 aromatic rings. The second-order valence-corrected chi connectivity index (χ2v) is 5.94. The maximum Gasteiger partial charge on any atom is 0.433 e. The first-order valence-corrected chi connectivity index (χ1v) is 7.32. The van der Waals surface area contributed by atoms with Gasteiger partial charge in [-0.1, -0.05) is 6.07 Å². The van der Waals surface area contributed by atoms with Gasteiger partial charge in [-0.2, -0.15) is 18.2 Å². The Morgan fingerprint density at radius 2 is 2.10 bits per heavy atom. The zero-order chi connectivity index (χ0) is 15.0. The van der Waals surface area contributed by atoms with Crippen molar-refractivity contribution < 1.29 is 13.2 Å². The number of anilines is 2. The standard InChI is InChI=1S/C13H13F3N4S/c14-13(15,16)10-6-11(19-12(17)18-10)20(8-3-4-8)7-9-2-1-5-21-9/h1-2,5-6,8H,3-4,7H2,(H2,17,18,19). The van der Waals surface area contributed by atoms with Crippen molar-refractivity contribution in [2.24, 2.45) is 0 Å². The normalized spacial score (nSPS) is 15.2. The van der Waals surface area contributed by atoms with Crippen molar-refractivity contribution in [2.45, 2.75) is 31.6 Å². The zero-order valence-electron chi connectivity index (χ0n) is 11.0. The number of aromatic nitrogens is 2. The van der Waals surface area contributed by atoms with E-state index in [4.69, 9.17) is 5.73 Å². The van der Waals surface area contributed by atoms with Gasteiger partial charge < -0.3 is 10.6 Å². The number of nitrogen functional groups attached to an aromatic ring is 1. The number of halogens is 3. The van der Waals surface area contributed by atoms with Gasteiger partial charge in [0.2, 0.25) is 5.95 Å². The summed E-state index contributed by atoms with van der Waals surface area (Å²) >= 11 is 1.57. The topological polar surface area (TPSA) is 55.0 Å². The van der Waals surface area contributed by atoms with Gasteiger partial charge >= 0.3 is 6.18 Å². The van der Waals surface area contributed by atoms with E-state index < -0.39 is 11.9 Å². The van der Waals surface area contributed by atoms with Gasteiger partial charge in [0.25, 0.3) is 0 Å². The number of thiophene rings is 1. The summed E-state index contributed by atoms with van der Waals surface area (Å²) in [4.78, 5) is 10.2. The molecule has 0 aliphatic heterocycles. The van der Waals surface area contributed by atoms with Crippen LogP contribution in [0.15, 0.2) is 23.6 Å². The lowest BCUT2D eigenvalue weighted by Crippen LogP contribution is -2.27. The largest absolute Gasteiger partial charge is 0.433 e. The maximum absolute atomic E-state index is 12.8. The fourth-order valence-electron chi connectivity index (χ4n) is 2.10. The van der Waals surface area contributed by atoms with E-state index in [1.807, 2.05) is 22.4 Å². The van der Waals surface area contributed by atoms with Crippen LogP contribution in [0.3, 0.4) is 0 Å². The molecule has 0 radical (unpaired) electrons. The van der Waals surface area contributed by atoms with Gasteiger partial charge in [-0.3, -0.25) is 0 Å². The molecule has 1 fully saturated rings. The third-order valence-electron chi connectivity index (χ3n) is 3.21. The van der Waals surface area contributed by atoms with E-state index in [0.717, 1.165) is 23.8 Å². The van der Waals surface area contributed by atoms with Gasteiger partial charge in [0.1, 0.15) is 5.82 Å². The average molecular weight is 314 g/mol. The van der Waals surface area contributed by atoms with Gasteiger partial charge in [-0.15, -0.1) is 11.3 Å². The lowest BCUT2D eigenvalue weighted by Gasteiger charge is -2.23. The van der Waals surface area contributed by atoms with E-state index in [9.17, 15) is 13.2 Å². The molecule has 2 N–H and O–H groups in total. The Morgan fingerprint density at radius 3 is 2.67 bits per heavy atom. The molecule has 0 amide bonds. The Kier molecular flexibility index (Phi) is 3.48. The Labute approximate surface area is 123 Å². The summed E-state index contributed by atoms with van der Waals surface area (Å²) in [5.41, 5.74) is 4.44. The molecule has 0 bridgehead atoms. The van der Waals surface area contributed by atoms with E-state index in [2.05, 4.69) is 9.97 Å². The second kappa shape index (κ2) is 5.18. The van der Waals surface area contributed by atoms with Gasteiger partial charge in [-0.05, 0) is 24.3 Å². The Hall–Kier alpha value is -1.83. The Morgan fingerprint density at radius 1 is 1.33 bits per heavy atom. The minimum atomic E-state index is -4.52. The first-order valence-electron chi connectivity index (χ1n) is 6.44. The highest BCUT2D eigenvalue weighted by atomic mass is 32.1. The van der Waals surface area contributed by atoms with Crippen LogP contribution in [0.1, 0.15) is 23.4 Å². The van der Waals surface area contributed by atoms with Crippen LogP contribution in [-0.2, 0) is 12.7 Å². The smallest absolute Gasteiger partial charge is 0.368 e. The molecule has 1 aliphatic carbocycles. The monoisotopic (exact) mass is 314 g/mol. The molecule has 0 atom stereocenters. The highest BCUT2D eigenvalue weighted by molar-refractivity contribution is 7.09. The average Bonchev–Trinajstić information content (AvgIpc) is 3.11. The summed E-state index contributed by atoms with van der Waals surface area (Å²) in [5.74, 6) is -0.109. The van der Waals surface area contributed by atoms with Crippen molar-refractivity contribution in [2.75, 3.05) is 10.6 Å². The van der Waals surface area contributed by atoms with E-state index in [-0.39, 0.29) is 17.8 Å². The quantitative estimate of drug-likeness (QED) is 0.940. The number of hydrogen-bond acceptors (Lipinski definition) is 5. The van der Waals surface area contributed by atoms with Crippen LogP contribution in [-0.4, -0.2) is 16.0 Å². The fourth-order valence-corrected chi connectivity index (χ4v) is 2.80. The zero-order valence-corrected chi connectivity index (χ0v) is 11.8. The molecule has 0 spiro atoms. The van der Waals surface area contributed by atoms with Crippen molar-refractivity contribution in [1.82, 2.24) is 9.97 Å². The van der Waals surface area contributed by atoms with Crippen LogP contribution in [0.4, 0.5) is 24.9 Å². The Balaban J connectivity index is 1.94. The Bertz CT molecular complexity index is 623. The molecule has 1 saturated carbocycles. The number of nitrogens with two attached hydrogens (primary N) is 1. The van der Waals surface area contributed by atoms with Crippen molar-refractivity contribution in [3.63, 3.8) is 0 Å². The summed E-state index contributed by atoms with van der Waals surface area (Å²) in [7, 11) is 0. The number of hydrogen-bond donors (Lipinski definition) is 1. The summed E-state index contributed by atoms with van der Waals surface area (Å²) in [6.45, 7) is 0.538. The molecule has 8 heteroatoms. The lowest BCUT2D eigenvalue weighted by molar-refractivity contribution is -0.141. The summed E-state index contributed by atoms with van der Waals surface area (Å²) in [6, 6.07) is 5.07. The molecule has 112 valence electrons. The van der Waals surface area contributed by atoms with E-state index in [1.54, 1.807) is 11.3 Å². The summed E-state index contributed by atoms with van der Waals surface area (Å²) in [5, 5.41) is 1.94. The molecule has 0 aromatic carbocycles. The number of nitrogens with zero attached hydrogens (tertiary/aromatic N) is 3. The molecular weight excluding hydrogens is 301 g/mol. The third-order valence-corrected chi connectivity index (χ3v) is 4.07. The van der Waals surface area contributed by atoms with Crippen LogP contribution in [0.25, 0.3) is 0 Å². The van der Waals surface area contributed by atoms with Crippen LogP contribution >= 0.6 is 11.3 Å². The molecule has 2 heterocycles. The number of alkyl halides is 3. The van der Waals surface area contributed by atoms with E-state index in [1.165, 1.54) is 0 Å². The van der Waals surface area contributed by atoms with Crippen molar-refractivity contribution in [3.05, 3.63) is 34.2 Å². The van der Waals surface area contributed by atoms with Crippen LogP contribution in [0.5, 0.6) is 0 Å². The lowest BCUT2D eigenvalue weighted by atomic mass is 10.3. The highest BCUT2D eigenvalue weighted by Crippen LogP contribution is 2.35. The van der Waals surface area contributed by atoms with Crippen LogP contribution < -0.4 is 10.6 Å². The SMILES string of the molecule is Nc1nc(N(Cc2cccs2)C2CC2)cc(C(F)(F)F)n1.